The van der Waals surface area contributed by atoms with Crippen molar-refractivity contribution in [1.29, 1.82) is 0 Å². The molecule has 0 N–H and O–H groups in total. The molecule has 1 saturated heterocycles. The van der Waals surface area contributed by atoms with Crippen LogP contribution in [0.25, 0.3) is 0 Å². The summed E-state index contributed by atoms with van der Waals surface area (Å²) in [5.74, 6) is 0.854. The molecule has 1 aliphatic heterocycles. The molecule has 1 amide bonds. The van der Waals surface area contributed by atoms with Crippen molar-refractivity contribution in [2.24, 2.45) is 0 Å². The van der Waals surface area contributed by atoms with Crippen LogP contribution < -0.4 is 0 Å². The molecule has 0 aliphatic carbocycles. The van der Waals surface area contributed by atoms with E-state index in [0.29, 0.717) is 5.75 Å². The molecule has 1 aliphatic rings. The van der Waals surface area contributed by atoms with Crippen LogP contribution >= 0.6 is 40.1 Å². The van der Waals surface area contributed by atoms with Crippen LogP contribution in [-0.2, 0) is 4.79 Å². The zero-order valence-corrected chi connectivity index (χ0v) is 14.9. The third kappa shape index (κ3) is 4.65. The van der Waals surface area contributed by atoms with E-state index < -0.39 is 0 Å². The second-order valence-electron chi connectivity index (χ2n) is 4.96. The minimum absolute atomic E-state index is 0. The Labute approximate surface area is 139 Å². The topological polar surface area (TPSA) is 23.6 Å². The molecule has 3 nitrogen and oxygen atoms in total. The van der Waals surface area contributed by atoms with Crippen LogP contribution in [0.5, 0.6) is 0 Å². The van der Waals surface area contributed by atoms with E-state index in [1.54, 1.807) is 11.8 Å². The first-order valence-corrected chi connectivity index (χ1v) is 8.23. The van der Waals surface area contributed by atoms with Gasteiger partial charge in [0.25, 0.3) is 0 Å². The highest BCUT2D eigenvalue weighted by atomic mass is 79.9. The molecule has 1 aromatic rings. The largest absolute Gasteiger partial charge is 0.326 e. The Kier molecular flexibility index (Phi) is 7.37. The van der Waals surface area contributed by atoms with E-state index in [1.165, 1.54) is 5.56 Å². The van der Waals surface area contributed by atoms with Gasteiger partial charge in [0.05, 0.1) is 5.75 Å². The lowest BCUT2D eigenvalue weighted by atomic mass is 10.2. The molecule has 0 spiro atoms. The first kappa shape index (κ1) is 17.8. The number of thioether (sulfide) groups is 1. The summed E-state index contributed by atoms with van der Waals surface area (Å²) in [6, 6.07) is 8.25. The Bertz CT molecular complexity index is 459. The molecule has 1 heterocycles. The molecule has 2 rings (SSSR count). The zero-order chi connectivity index (χ0) is 13.8. The van der Waals surface area contributed by atoms with Crippen molar-refractivity contribution in [2.45, 2.75) is 11.8 Å². The van der Waals surface area contributed by atoms with Crippen molar-refractivity contribution in [3.63, 3.8) is 0 Å². The van der Waals surface area contributed by atoms with Gasteiger partial charge in [-0.25, -0.2) is 0 Å². The van der Waals surface area contributed by atoms with Crippen molar-refractivity contribution in [2.75, 3.05) is 32.9 Å². The number of carbonyl (C=O) groups excluding carboxylic acids is 1. The fourth-order valence-electron chi connectivity index (χ4n) is 2.19. The summed E-state index contributed by atoms with van der Waals surface area (Å²) in [5, 5.41) is 0.173. The van der Waals surface area contributed by atoms with Crippen molar-refractivity contribution in [3.8, 4) is 0 Å². The number of benzene rings is 1. The van der Waals surface area contributed by atoms with Crippen molar-refractivity contribution >= 4 is 46.0 Å². The van der Waals surface area contributed by atoms with Crippen molar-refractivity contribution in [1.82, 2.24) is 9.80 Å². The summed E-state index contributed by atoms with van der Waals surface area (Å²) < 4.78 is 1.07. The minimum Gasteiger partial charge on any atom is -0.326 e. The van der Waals surface area contributed by atoms with Gasteiger partial charge in [-0.05, 0) is 44.8 Å². The lowest BCUT2D eigenvalue weighted by molar-refractivity contribution is -0.128. The molecule has 0 saturated carbocycles. The van der Waals surface area contributed by atoms with Crippen LogP contribution in [0.4, 0.5) is 0 Å². The Hall–Kier alpha value is -0.230. The Morgan fingerprint density at radius 1 is 1.45 bits per heavy atom. The predicted molar refractivity (Wildman–Crippen MR) is 91.5 cm³/mol. The normalized spacial score (nSPS) is 18.5. The molecular weight excluding hydrogens is 360 g/mol. The van der Waals surface area contributed by atoms with Crippen LogP contribution in [-0.4, -0.2) is 48.6 Å². The maximum atomic E-state index is 12.0. The van der Waals surface area contributed by atoms with E-state index in [2.05, 4.69) is 47.1 Å². The maximum absolute atomic E-state index is 12.0. The standard InChI is InChI=1S/C14H19BrN2OS.ClH/c1-16(2)7-4-8-17-13(18)10-19-14(17)11-5-3-6-12(15)9-11;/h3,5-6,9,14H,4,7-8,10H2,1-2H3;1H. The third-order valence-electron chi connectivity index (χ3n) is 3.11. The molecule has 1 fully saturated rings. The molecule has 20 heavy (non-hydrogen) atoms. The van der Waals surface area contributed by atoms with Gasteiger partial charge < -0.3 is 9.80 Å². The Morgan fingerprint density at radius 3 is 2.85 bits per heavy atom. The molecule has 1 atom stereocenters. The number of hydrogen-bond acceptors (Lipinski definition) is 3. The Morgan fingerprint density at radius 2 is 2.20 bits per heavy atom. The fourth-order valence-corrected chi connectivity index (χ4v) is 3.81. The summed E-state index contributed by atoms with van der Waals surface area (Å²) in [6.45, 7) is 1.85. The van der Waals surface area contributed by atoms with Gasteiger partial charge in [0.2, 0.25) is 5.91 Å². The quantitative estimate of drug-likeness (QED) is 0.783. The van der Waals surface area contributed by atoms with E-state index >= 15 is 0 Å². The van der Waals surface area contributed by atoms with Crippen molar-refractivity contribution in [3.05, 3.63) is 34.3 Å². The van der Waals surface area contributed by atoms with Crippen LogP contribution in [0.2, 0.25) is 0 Å². The maximum Gasteiger partial charge on any atom is 0.233 e. The summed E-state index contributed by atoms with van der Waals surface area (Å²) in [6.07, 6.45) is 1.02. The number of nitrogens with zero attached hydrogens (tertiary/aromatic N) is 2. The molecule has 6 heteroatoms. The van der Waals surface area contributed by atoms with Gasteiger partial charge in [0, 0.05) is 11.0 Å². The third-order valence-corrected chi connectivity index (χ3v) is 4.86. The van der Waals surface area contributed by atoms with E-state index in [-0.39, 0.29) is 23.7 Å². The molecule has 0 radical (unpaired) electrons. The number of amides is 1. The van der Waals surface area contributed by atoms with Gasteiger partial charge in [-0.2, -0.15) is 0 Å². The molecule has 1 aromatic carbocycles. The van der Waals surface area contributed by atoms with Gasteiger partial charge in [-0.3, -0.25) is 4.79 Å². The van der Waals surface area contributed by atoms with Gasteiger partial charge in [-0.15, -0.1) is 24.2 Å². The van der Waals surface area contributed by atoms with Crippen LogP contribution in [0.1, 0.15) is 17.4 Å². The van der Waals surface area contributed by atoms with E-state index in [1.807, 2.05) is 17.0 Å². The molecular formula is C14H20BrClN2OS. The van der Waals surface area contributed by atoms with Crippen molar-refractivity contribution < 1.29 is 4.79 Å². The number of rotatable bonds is 5. The number of hydrogen-bond donors (Lipinski definition) is 0. The summed E-state index contributed by atoms with van der Waals surface area (Å²) in [7, 11) is 4.12. The van der Waals surface area contributed by atoms with Gasteiger partial charge in [0.1, 0.15) is 5.37 Å². The van der Waals surface area contributed by atoms with E-state index in [4.69, 9.17) is 0 Å². The minimum atomic E-state index is 0. The molecule has 0 aromatic heterocycles. The first-order valence-electron chi connectivity index (χ1n) is 6.39. The van der Waals surface area contributed by atoms with Gasteiger partial charge in [-0.1, -0.05) is 28.1 Å². The Balaban J connectivity index is 0.00000200. The van der Waals surface area contributed by atoms with Gasteiger partial charge in [0.15, 0.2) is 0 Å². The summed E-state index contributed by atoms with van der Waals surface area (Å²) >= 11 is 5.22. The predicted octanol–water partition coefficient (Wildman–Crippen LogP) is 3.40. The van der Waals surface area contributed by atoms with Crippen LogP contribution in [0.15, 0.2) is 28.7 Å². The second kappa shape index (κ2) is 8.27. The lowest BCUT2D eigenvalue weighted by Crippen LogP contribution is -2.31. The highest BCUT2D eigenvalue weighted by Crippen LogP contribution is 2.39. The highest BCUT2D eigenvalue weighted by Gasteiger charge is 2.32. The molecule has 0 bridgehead atoms. The first-order chi connectivity index (χ1) is 9.08. The average Bonchev–Trinajstić information content (AvgIpc) is 2.71. The van der Waals surface area contributed by atoms with Crippen LogP contribution in [0, 0.1) is 0 Å². The van der Waals surface area contributed by atoms with Crippen LogP contribution in [0.3, 0.4) is 0 Å². The monoisotopic (exact) mass is 378 g/mol. The van der Waals surface area contributed by atoms with Gasteiger partial charge >= 0.3 is 0 Å². The SMILES string of the molecule is CN(C)CCCN1C(=O)CSC1c1cccc(Br)c1.Cl. The highest BCUT2D eigenvalue weighted by molar-refractivity contribution is 9.10. The lowest BCUT2D eigenvalue weighted by Gasteiger charge is -2.25. The number of carbonyl (C=O) groups is 1. The smallest absolute Gasteiger partial charge is 0.233 e. The van der Waals surface area contributed by atoms with E-state index in [9.17, 15) is 4.79 Å². The summed E-state index contributed by atoms with van der Waals surface area (Å²) in [5.41, 5.74) is 1.20. The summed E-state index contributed by atoms with van der Waals surface area (Å²) in [4.78, 5) is 16.2. The van der Waals surface area contributed by atoms with E-state index in [0.717, 1.165) is 24.0 Å². The molecule has 112 valence electrons. The zero-order valence-electron chi connectivity index (χ0n) is 11.7. The second-order valence-corrected chi connectivity index (χ2v) is 6.95. The average molecular weight is 380 g/mol. The number of halogens is 2. The molecule has 1 unspecified atom stereocenters. The fraction of sp³-hybridized carbons (Fsp3) is 0.500.